The van der Waals surface area contributed by atoms with Crippen molar-refractivity contribution in [3.8, 4) is 0 Å². The predicted octanol–water partition coefficient (Wildman–Crippen LogP) is 1.93. The highest BCUT2D eigenvalue weighted by Crippen LogP contribution is 2.20. The van der Waals surface area contributed by atoms with Crippen LogP contribution in [-0.2, 0) is 4.74 Å². The Balaban J connectivity index is 4.00. The van der Waals surface area contributed by atoms with E-state index >= 15 is 0 Å². The van der Waals surface area contributed by atoms with Gasteiger partial charge in [0.25, 0.3) is 0 Å². The third kappa shape index (κ3) is 2.80. The molecule has 0 aliphatic rings. The Morgan fingerprint density at radius 3 is 2.27 bits per heavy atom. The largest absolute Gasteiger partial charge is 0.377 e. The summed E-state index contributed by atoms with van der Waals surface area (Å²) in [5.74, 6) is 0. The molecule has 2 heteroatoms. The lowest BCUT2D eigenvalue weighted by molar-refractivity contribution is -0.0207. The first-order chi connectivity index (χ1) is 5.10. The van der Waals surface area contributed by atoms with Crippen molar-refractivity contribution in [1.29, 1.82) is 0 Å². The third-order valence-electron chi connectivity index (χ3n) is 2.55. The van der Waals surface area contributed by atoms with Crippen molar-refractivity contribution in [3.63, 3.8) is 0 Å². The lowest BCUT2D eigenvalue weighted by atomic mass is 9.91. The average Bonchev–Trinajstić information content (AvgIpc) is 2.03. The molecule has 0 saturated heterocycles. The second kappa shape index (κ2) is 4.73. The van der Waals surface area contributed by atoms with Crippen LogP contribution in [0, 0.1) is 0 Å². The molecule has 0 aromatic heterocycles. The van der Waals surface area contributed by atoms with E-state index in [0.29, 0.717) is 0 Å². The zero-order valence-corrected chi connectivity index (χ0v) is 8.18. The number of hydrogen-bond acceptors (Lipinski definition) is 2. The zero-order valence-electron chi connectivity index (χ0n) is 8.18. The van der Waals surface area contributed by atoms with Crippen LogP contribution in [0.5, 0.6) is 0 Å². The van der Waals surface area contributed by atoms with E-state index in [1.807, 2.05) is 0 Å². The number of nitrogens with two attached hydrogens (primary N) is 1. The highest BCUT2D eigenvalue weighted by atomic mass is 16.5. The fourth-order valence-electron chi connectivity index (χ4n) is 1.17. The van der Waals surface area contributed by atoms with Gasteiger partial charge in [0.15, 0.2) is 0 Å². The van der Waals surface area contributed by atoms with Gasteiger partial charge in [0.1, 0.15) is 0 Å². The van der Waals surface area contributed by atoms with Crippen LogP contribution in [-0.4, -0.2) is 18.8 Å². The Labute approximate surface area is 70.1 Å². The van der Waals surface area contributed by atoms with Gasteiger partial charge in [-0.05, 0) is 19.8 Å². The Kier molecular flexibility index (Phi) is 4.69. The molecular weight excluding hydrogens is 138 g/mol. The summed E-state index contributed by atoms with van der Waals surface area (Å²) in [5.41, 5.74) is 5.83. The number of ether oxygens (including phenoxy) is 1. The maximum absolute atomic E-state index is 5.96. The summed E-state index contributed by atoms with van der Waals surface area (Å²) in [6, 6.07) is 0.169. The highest BCUT2D eigenvalue weighted by Gasteiger charge is 2.28. The first kappa shape index (κ1) is 10.9. The second-order valence-corrected chi connectivity index (χ2v) is 3.27. The smallest absolute Gasteiger partial charge is 0.0798 e. The first-order valence-corrected chi connectivity index (χ1v) is 4.41. The molecule has 0 aromatic rings. The van der Waals surface area contributed by atoms with Crippen molar-refractivity contribution in [3.05, 3.63) is 0 Å². The Morgan fingerprint density at radius 2 is 2.00 bits per heavy atom. The van der Waals surface area contributed by atoms with Crippen LogP contribution in [0.1, 0.15) is 40.0 Å². The molecule has 68 valence electrons. The lowest BCUT2D eigenvalue weighted by Gasteiger charge is -2.33. The maximum Gasteiger partial charge on any atom is 0.0798 e. The molecule has 0 spiro atoms. The van der Waals surface area contributed by atoms with Gasteiger partial charge in [0.05, 0.1) is 5.60 Å². The molecule has 0 rings (SSSR count). The van der Waals surface area contributed by atoms with Gasteiger partial charge in [-0.25, -0.2) is 0 Å². The Bertz CT molecular complexity index is 99.7. The van der Waals surface area contributed by atoms with Crippen molar-refractivity contribution in [2.75, 3.05) is 7.11 Å². The van der Waals surface area contributed by atoms with Crippen LogP contribution >= 0.6 is 0 Å². The van der Waals surface area contributed by atoms with E-state index in [2.05, 4.69) is 20.8 Å². The topological polar surface area (TPSA) is 35.2 Å². The number of methoxy groups -OCH3 is 1. The third-order valence-corrected chi connectivity index (χ3v) is 2.55. The SMILES string of the molecule is CCCC(N)C(C)(CC)OC. The first-order valence-electron chi connectivity index (χ1n) is 4.41. The second-order valence-electron chi connectivity index (χ2n) is 3.27. The molecule has 0 radical (unpaired) electrons. The summed E-state index contributed by atoms with van der Waals surface area (Å²) in [5, 5.41) is 0. The molecule has 0 aromatic carbocycles. The van der Waals surface area contributed by atoms with E-state index in [4.69, 9.17) is 10.5 Å². The summed E-state index contributed by atoms with van der Waals surface area (Å²) in [6.45, 7) is 6.33. The van der Waals surface area contributed by atoms with Gasteiger partial charge < -0.3 is 10.5 Å². The Morgan fingerprint density at radius 1 is 1.45 bits per heavy atom. The molecule has 0 saturated carbocycles. The molecule has 2 nitrogen and oxygen atoms in total. The van der Waals surface area contributed by atoms with Crippen molar-refractivity contribution >= 4 is 0 Å². The van der Waals surface area contributed by atoms with Gasteiger partial charge in [-0.1, -0.05) is 20.3 Å². The fourth-order valence-corrected chi connectivity index (χ4v) is 1.17. The van der Waals surface area contributed by atoms with Crippen LogP contribution in [0.2, 0.25) is 0 Å². The highest BCUT2D eigenvalue weighted by molar-refractivity contribution is 4.85. The minimum absolute atomic E-state index is 0.129. The van der Waals surface area contributed by atoms with Crippen LogP contribution in [0.3, 0.4) is 0 Å². The van der Waals surface area contributed by atoms with Gasteiger partial charge in [-0.3, -0.25) is 0 Å². The zero-order chi connectivity index (χ0) is 8.91. The van der Waals surface area contributed by atoms with Crippen LogP contribution in [0.25, 0.3) is 0 Å². The van der Waals surface area contributed by atoms with E-state index in [1.165, 1.54) is 0 Å². The summed E-state index contributed by atoms with van der Waals surface area (Å²) in [6.07, 6.45) is 3.14. The molecule has 2 unspecified atom stereocenters. The quantitative estimate of drug-likeness (QED) is 0.665. The van der Waals surface area contributed by atoms with Crippen molar-refractivity contribution in [2.45, 2.75) is 51.7 Å². The average molecular weight is 159 g/mol. The Hall–Kier alpha value is -0.0800. The minimum atomic E-state index is -0.129. The summed E-state index contributed by atoms with van der Waals surface area (Å²) in [7, 11) is 1.74. The normalized spacial score (nSPS) is 19.4. The molecule has 2 N–H and O–H groups in total. The van der Waals surface area contributed by atoms with Crippen LogP contribution < -0.4 is 5.73 Å². The monoisotopic (exact) mass is 159 g/mol. The van der Waals surface area contributed by atoms with E-state index in [-0.39, 0.29) is 11.6 Å². The molecule has 0 amide bonds. The fraction of sp³-hybridized carbons (Fsp3) is 1.00. The summed E-state index contributed by atoms with van der Waals surface area (Å²) < 4.78 is 5.38. The van der Waals surface area contributed by atoms with Crippen LogP contribution in [0.15, 0.2) is 0 Å². The molecule has 2 atom stereocenters. The summed E-state index contributed by atoms with van der Waals surface area (Å²) in [4.78, 5) is 0. The molecule has 0 fully saturated rings. The summed E-state index contributed by atoms with van der Waals surface area (Å²) >= 11 is 0. The van der Waals surface area contributed by atoms with E-state index in [1.54, 1.807) is 7.11 Å². The molecule has 11 heavy (non-hydrogen) atoms. The van der Waals surface area contributed by atoms with Crippen molar-refractivity contribution < 1.29 is 4.74 Å². The molecule has 0 heterocycles. The van der Waals surface area contributed by atoms with Gasteiger partial charge in [0, 0.05) is 13.2 Å². The van der Waals surface area contributed by atoms with E-state index in [9.17, 15) is 0 Å². The molecule has 0 bridgehead atoms. The van der Waals surface area contributed by atoms with Gasteiger partial charge in [0.2, 0.25) is 0 Å². The minimum Gasteiger partial charge on any atom is -0.377 e. The van der Waals surface area contributed by atoms with Gasteiger partial charge >= 0.3 is 0 Å². The van der Waals surface area contributed by atoms with E-state index < -0.39 is 0 Å². The standard InChI is InChI=1S/C9H21NO/c1-5-7-8(10)9(3,6-2)11-4/h8H,5-7,10H2,1-4H3. The van der Waals surface area contributed by atoms with Crippen molar-refractivity contribution in [2.24, 2.45) is 5.73 Å². The van der Waals surface area contributed by atoms with Crippen molar-refractivity contribution in [1.82, 2.24) is 0 Å². The molecule has 0 aliphatic heterocycles. The maximum atomic E-state index is 5.96. The van der Waals surface area contributed by atoms with Crippen LogP contribution in [0.4, 0.5) is 0 Å². The van der Waals surface area contributed by atoms with Gasteiger partial charge in [-0.2, -0.15) is 0 Å². The lowest BCUT2D eigenvalue weighted by Crippen LogP contribution is -2.46. The van der Waals surface area contributed by atoms with Gasteiger partial charge in [-0.15, -0.1) is 0 Å². The van der Waals surface area contributed by atoms with E-state index in [0.717, 1.165) is 19.3 Å². The molecule has 0 aliphatic carbocycles. The number of hydrogen-bond donors (Lipinski definition) is 1. The molecular formula is C9H21NO. The predicted molar refractivity (Wildman–Crippen MR) is 48.6 cm³/mol. The number of rotatable bonds is 5.